The second kappa shape index (κ2) is 9.93. The van der Waals surface area contributed by atoms with Crippen LogP contribution in [0.25, 0.3) is 0 Å². The predicted molar refractivity (Wildman–Crippen MR) is 116 cm³/mol. The third-order valence-corrected chi connectivity index (χ3v) is 4.81. The van der Waals surface area contributed by atoms with Gasteiger partial charge in [0, 0.05) is 36.4 Å². The summed E-state index contributed by atoms with van der Waals surface area (Å²) in [7, 11) is 1.38. The fourth-order valence-electron chi connectivity index (χ4n) is 3.21. The van der Waals surface area contributed by atoms with E-state index in [0.717, 1.165) is 23.4 Å². The Morgan fingerprint density at radius 3 is 2.03 bits per heavy atom. The van der Waals surface area contributed by atoms with Crippen LogP contribution in [0.15, 0.2) is 48.5 Å². The first-order valence-corrected chi connectivity index (χ1v) is 9.19. The zero-order valence-corrected chi connectivity index (χ0v) is 17.1. The van der Waals surface area contributed by atoms with Crippen molar-refractivity contribution in [2.75, 3.05) is 30.0 Å². The van der Waals surface area contributed by atoms with Gasteiger partial charge in [0.2, 0.25) is 0 Å². The molecule has 3 rings (SSSR count). The van der Waals surface area contributed by atoms with Crippen molar-refractivity contribution in [3.05, 3.63) is 59.7 Å². The topological polar surface area (TPSA) is 99.7 Å². The summed E-state index contributed by atoms with van der Waals surface area (Å²) in [6.07, 6.45) is 1.79. The molecule has 0 aliphatic carbocycles. The summed E-state index contributed by atoms with van der Waals surface area (Å²) in [6.45, 7) is 1.30. The van der Waals surface area contributed by atoms with Crippen LogP contribution in [0.2, 0.25) is 0 Å². The highest BCUT2D eigenvalue weighted by Crippen LogP contribution is 2.25. The molecule has 0 atom stereocenters. The van der Waals surface area contributed by atoms with Crippen molar-refractivity contribution in [1.82, 2.24) is 0 Å². The third-order valence-electron chi connectivity index (χ3n) is 4.81. The summed E-state index contributed by atoms with van der Waals surface area (Å²) in [4.78, 5) is 27.8. The molecular formula is C21H25ClN4O3. The van der Waals surface area contributed by atoms with E-state index in [-0.39, 0.29) is 30.2 Å². The Labute approximate surface area is 176 Å². The summed E-state index contributed by atoms with van der Waals surface area (Å²) in [5.41, 5.74) is 8.77. The first-order valence-electron chi connectivity index (χ1n) is 9.19. The average Bonchev–Trinajstić information content (AvgIpc) is 2.72. The number of hydrogen-bond acceptors (Lipinski definition) is 4. The molecule has 1 aliphatic heterocycles. The Kier molecular flexibility index (Phi) is 7.61. The van der Waals surface area contributed by atoms with Gasteiger partial charge in [0.25, 0.3) is 0 Å². The van der Waals surface area contributed by atoms with Crippen molar-refractivity contribution in [3.8, 4) is 0 Å². The van der Waals surface area contributed by atoms with Gasteiger partial charge < -0.3 is 10.5 Å². The number of amidine groups is 1. The van der Waals surface area contributed by atoms with E-state index >= 15 is 0 Å². The number of hydrogen-bond donors (Lipinski definition) is 2. The fourth-order valence-corrected chi connectivity index (χ4v) is 3.21. The minimum Gasteiger partial charge on any atom is -0.469 e. The van der Waals surface area contributed by atoms with Crippen molar-refractivity contribution in [3.63, 3.8) is 0 Å². The lowest BCUT2D eigenvalue weighted by molar-refractivity contribution is -0.140. The Hall–Kier alpha value is -3.06. The van der Waals surface area contributed by atoms with Gasteiger partial charge in [-0.25, -0.2) is 4.79 Å². The fraction of sp³-hybridized carbons (Fsp3) is 0.286. The molecule has 2 amide bonds. The van der Waals surface area contributed by atoms with Crippen LogP contribution in [0.1, 0.15) is 24.0 Å². The zero-order valence-electron chi connectivity index (χ0n) is 16.3. The molecule has 7 nitrogen and oxygen atoms in total. The van der Waals surface area contributed by atoms with Crippen molar-refractivity contribution in [2.45, 2.75) is 19.3 Å². The van der Waals surface area contributed by atoms with Crippen LogP contribution in [0.4, 0.5) is 16.2 Å². The Morgan fingerprint density at radius 1 is 1.03 bits per heavy atom. The summed E-state index contributed by atoms with van der Waals surface area (Å²) < 4.78 is 4.66. The molecule has 2 aromatic rings. The van der Waals surface area contributed by atoms with E-state index in [0.29, 0.717) is 31.5 Å². The van der Waals surface area contributed by atoms with Gasteiger partial charge in [-0.05, 0) is 54.8 Å². The Balaban J connectivity index is 0.00000300. The van der Waals surface area contributed by atoms with Gasteiger partial charge in [0.05, 0.1) is 7.11 Å². The second-order valence-corrected chi connectivity index (χ2v) is 6.64. The number of nitrogens with one attached hydrogen (secondary N) is 1. The van der Waals surface area contributed by atoms with Gasteiger partial charge in [-0.1, -0.05) is 12.1 Å². The second-order valence-electron chi connectivity index (χ2n) is 6.64. The molecule has 1 aliphatic rings. The highest BCUT2D eigenvalue weighted by atomic mass is 35.5. The van der Waals surface area contributed by atoms with E-state index < -0.39 is 0 Å². The van der Waals surface area contributed by atoms with Crippen molar-refractivity contribution in [2.24, 2.45) is 5.73 Å². The molecule has 0 spiro atoms. The number of ether oxygens (including phenoxy) is 1. The van der Waals surface area contributed by atoms with Crippen LogP contribution in [0.5, 0.6) is 0 Å². The van der Waals surface area contributed by atoms with E-state index in [1.54, 1.807) is 21.9 Å². The van der Waals surface area contributed by atoms with E-state index in [1.807, 2.05) is 36.4 Å². The number of aryl methyl sites for hydroxylation is 1. The summed E-state index contributed by atoms with van der Waals surface area (Å²) in [6, 6.07) is 14.7. The highest BCUT2D eigenvalue weighted by Gasteiger charge is 2.27. The third kappa shape index (κ3) is 5.26. The first-order chi connectivity index (χ1) is 13.5. The lowest BCUT2D eigenvalue weighted by Crippen LogP contribution is -2.49. The van der Waals surface area contributed by atoms with Crippen molar-refractivity contribution >= 4 is 41.6 Å². The number of nitrogen functional groups attached to an aromatic ring is 1. The number of methoxy groups -OCH3 is 1. The smallest absolute Gasteiger partial charge is 0.328 e. The maximum absolute atomic E-state index is 13.0. The van der Waals surface area contributed by atoms with E-state index in [9.17, 15) is 9.59 Å². The lowest BCUT2D eigenvalue weighted by atomic mass is 10.1. The molecule has 8 heteroatoms. The number of benzene rings is 2. The number of anilines is 2. The molecule has 1 fully saturated rings. The largest absolute Gasteiger partial charge is 0.469 e. The van der Waals surface area contributed by atoms with Gasteiger partial charge in [-0.15, -0.1) is 12.4 Å². The molecule has 2 aromatic carbocycles. The maximum Gasteiger partial charge on any atom is 0.328 e. The minimum atomic E-state index is -0.235. The lowest BCUT2D eigenvalue weighted by Gasteiger charge is -2.35. The normalized spacial score (nSPS) is 13.6. The van der Waals surface area contributed by atoms with Gasteiger partial charge in [-0.3, -0.25) is 20.0 Å². The van der Waals surface area contributed by atoms with E-state index in [2.05, 4.69) is 4.74 Å². The summed E-state index contributed by atoms with van der Waals surface area (Å²) in [5.74, 6) is -0.229. The van der Waals surface area contributed by atoms with Crippen LogP contribution in [-0.4, -0.2) is 38.0 Å². The molecule has 29 heavy (non-hydrogen) atoms. The molecule has 0 saturated carbocycles. The maximum atomic E-state index is 13.0. The molecule has 1 saturated heterocycles. The van der Waals surface area contributed by atoms with Gasteiger partial charge in [0.15, 0.2) is 0 Å². The number of nitrogens with zero attached hydrogens (tertiary/aromatic N) is 2. The van der Waals surface area contributed by atoms with Crippen LogP contribution in [0.3, 0.4) is 0 Å². The number of amides is 2. The number of carbonyl (C=O) groups excluding carboxylic acids is 2. The monoisotopic (exact) mass is 416 g/mol. The quantitative estimate of drug-likeness (QED) is 0.428. The van der Waals surface area contributed by atoms with Crippen LogP contribution in [-0.2, 0) is 16.0 Å². The van der Waals surface area contributed by atoms with Crippen molar-refractivity contribution in [1.29, 1.82) is 5.41 Å². The SMILES string of the molecule is COC(=O)CCc1ccc(N2CCCN(c3ccc(C(=N)N)cc3)C2=O)cc1.Cl. The highest BCUT2D eigenvalue weighted by molar-refractivity contribution is 6.04. The molecular weight excluding hydrogens is 392 g/mol. The molecule has 0 aromatic heterocycles. The summed E-state index contributed by atoms with van der Waals surface area (Å²) >= 11 is 0. The molecule has 1 heterocycles. The van der Waals surface area contributed by atoms with E-state index in [4.69, 9.17) is 11.1 Å². The summed E-state index contributed by atoms with van der Waals surface area (Å²) in [5, 5.41) is 7.48. The molecule has 154 valence electrons. The van der Waals surface area contributed by atoms with Crippen molar-refractivity contribution < 1.29 is 14.3 Å². The molecule has 0 unspecified atom stereocenters. The molecule has 3 N–H and O–H groups in total. The Morgan fingerprint density at radius 2 is 1.55 bits per heavy atom. The minimum absolute atomic E-state index is 0. The number of halogens is 1. The zero-order chi connectivity index (χ0) is 20.1. The van der Waals surface area contributed by atoms with Crippen LogP contribution >= 0.6 is 12.4 Å². The van der Waals surface area contributed by atoms with Gasteiger partial charge in [0.1, 0.15) is 5.84 Å². The first kappa shape index (κ1) is 22.2. The number of esters is 1. The molecule has 0 bridgehead atoms. The van der Waals surface area contributed by atoms with E-state index in [1.165, 1.54) is 7.11 Å². The predicted octanol–water partition coefficient (Wildman–Crippen LogP) is 3.33. The van der Waals surface area contributed by atoms with Crippen LogP contribution < -0.4 is 15.5 Å². The van der Waals surface area contributed by atoms with Crippen LogP contribution in [0, 0.1) is 5.41 Å². The Bertz CT molecular complexity index is 868. The average molecular weight is 417 g/mol. The number of rotatable bonds is 6. The number of carbonyl (C=O) groups is 2. The number of nitrogens with two attached hydrogens (primary N) is 1. The van der Waals surface area contributed by atoms with Gasteiger partial charge >= 0.3 is 12.0 Å². The number of urea groups is 1. The standard InChI is InChI=1S/C21H24N4O3.ClH/c1-28-19(26)12-5-15-3-8-17(9-4-15)24-13-2-14-25(21(24)27)18-10-6-16(7-11-18)20(22)23;/h3-4,6-11H,2,5,12-14H2,1H3,(H3,22,23);1H. The molecule has 0 radical (unpaired) electrons. The van der Waals surface area contributed by atoms with Gasteiger partial charge in [-0.2, -0.15) is 0 Å².